The van der Waals surface area contributed by atoms with E-state index in [-0.39, 0.29) is 19.2 Å². The lowest BCUT2D eigenvalue weighted by Gasteiger charge is -2.22. The number of rotatable bonds is 3. The second-order valence-corrected chi connectivity index (χ2v) is 4.70. The lowest BCUT2D eigenvalue weighted by molar-refractivity contribution is 0.255. The Morgan fingerprint density at radius 3 is 3.12 bits per heavy atom. The van der Waals surface area contributed by atoms with Crippen LogP contribution in [0, 0.1) is 0 Å². The van der Waals surface area contributed by atoms with E-state index in [1.807, 2.05) is 0 Å². The van der Waals surface area contributed by atoms with Crippen LogP contribution >= 0.6 is 15.9 Å². The van der Waals surface area contributed by atoms with Crippen molar-refractivity contribution in [3.05, 3.63) is 10.7 Å². The predicted molar refractivity (Wildman–Crippen MR) is 64.0 cm³/mol. The van der Waals surface area contributed by atoms with Crippen LogP contribution < -0.4 is 9.64 Å². The smallest absolute Gasteiger partial charge is 0.232 e. The molecule has 0 radical (unpaired) electrons. The number of hydrogen-bond donors (Lipinski definition) is 1. The molecule has 2 atom stereocenters. The van der Waals surface area contributed by atoms with Crippen LogP contribution in [-0.2, 0) is 0 Å². The fourth-order valence-electron chi connectivity index (χ4n) is 1.90. The third-order valence-corrected chi connectivity index (χ3v) is 3.27. The lowest BCUT2D eigenvalue weighted by Crippen LogP contribution is -2.33. The minimum Gasteiger partial charge on any atom is -0.480 e. The highest BCUT2D eigenvalue weighted by Gasteiger charge is 2.33. The van der Waals surface area contributed by atoms with Gasteiger partial charge in [0.2, 0.25) is 11.8 Å². The Kier molecular flexibility index (Phi) is 3.78. The number of halogens is 2. The highest BCUT2D eigenvalue weighted by molar-refractivity contribution is 9.10. The van der Waals surface area contributed by atoms with E-state index in [2.05, 4.69) is 25.9 Å². The highest BCUT2D eigenvalue weighted by Crippen LogP contribution is 2.28. The first-order chi connectivity index (χ1) is 8.15. The number of aliphatic hydroxyl groups is 1. The highest BCUT2D eigenvalue weighted by atomic mass is 79.9. The molecule has 1 aromatic heterocycles. The normalized spacial score (nSPS) is 24.1. The molecule has 1 fully saturated rings. The van der Waals surface area contributed by atoms with Crippen LogP contribution in [-0.4, -0.2) is 47.5 Å². The minimum absolute atomic E-state index is 0.109. The summed E-state index contributed by atoms with van der Waals surface area (Å²) in [6.45, 7) is 0.0954. The van der Waals surface area contributed by atoms with Crippen molar-refractivity contribution in [2.45, 2.75) is 18.6 Å². The van der Waals surface area contributed by atoms with Gasteiger partial charge in [0.25, 0.3) is 0 Å². The zero-order valence-electron chi connectivity index (χ0n) is 9.31. The van der Waals surface area contributed by atoms with Crippen LogP contribution in [0.3, 0.4) is 0 Å². The molecule has 17 heavy (non-hydrogen) atoms. The maximum Gasteiger partial charge on any atom is 0.232 e. The van der Waals surface area contributed by atoms with Gasteiger partial charge in [0.05, 0.1) is 37.0 Å². The number of ether oxygens (including phenoxy) is 1. The summed E-state index contributed by atoms with van der Waals surface area (Å²) in [4.78, 5) is 9.95. The van der Waals surface area contributed by atoms with Crippen molar-refractivity contribution in [1.29, 1.82) is 0 Å². The molecule has 1 aromatic rings. The van der Waals surface area contributed by atoms with Gasteiger partial charge in [-0.25, -0.2) is 9.37 Å². The van der Waals surface area contributed by atoms with Crippen LogP contribution in [0.4, 0.5) is 10.3 Å². The summed E-state index contributed by atoms with van der Waals surface area (Å²) in [6, 6.07) is -0.268. The Morgan fingerprint density at radius 1 is 1.71 bits per heavy atom. The van der Waals surface area contributed by atoms with Crippen LogP contribution in [0.2, 0.25) is 0 Å². The van der Waals surface area contributed by atoms with Crippen molar-refractivity contribution in [2.75, 3.05) is 25.2 Å². The molecular formula is C10H13BrFN3O2. The second kappa shape index (κ2) is 5.14. The monoisotopic (exact) mass is 305 g/mol. The first-order valence-corrected chi connectivity index (χ1v) is 6.03. The third-order valence-electron chi connectivity index (χ3n) is 2.72. The van der Waals surface area contributed by atoms with Crippen LogP contribution in [0.5, 0.6) is 5.88 Å². The first kappa shape index (κ1) is 12.5. The first-order valence-electron chi connectivity index (χ1n) is 5.23. The number of methoxy groups -OCH3 is 1. The van der Waals surface area contributed by atoms with E-state index in [0.29, 0.717) is 22.7 Å². The molecule has 0 spiro atoms. The van der Waals surface area contributed by atoms with Crippen molar-refractivity contribution in [2.24, 2.45) is 0 Å². The SMILES string of the molecule is COc1nc(N2C[C@@H](F)C[C@H]2CO)ncc1Br. The molecule has 0 bridgehead atoms. The van der Waals surface area contributed by atoms with Crippen molar-refractivity contribution >= 4 is 21.9 Å². The Hall–Kier alpha value is -0.950. The average Bonchev–Trinajstić information content (AvgIpc) is 2.71. The van der Waals surface area contributed by atoms with Gasteiger partial charge in [-0.05, 0) is 15.9 Å². The van der Waals surface area contributed by atoms with Gasteiger partial charge in [-0.1, -0.05) is 0 Å². The van der Waals surface area contributed by atoms with Crippen molar-refractivity contribution < 1.29 is 14.2 Å². The van der Waals surface area contributed by atoms with Crippen LogP contribution in [0.25, 0.3) is 0 Å². The Labute approximate surface area is 107 Å². The molecule has 1 aliphatic heterocycles. The lowest BCUT2D eigenvalue weighted by atomic mass is 10.2. The molecule has 0 amide bonds. The van der Waals surface area contributed by atoms with Gasteiger partial charge >= 0.3 is 0 Å². The van der Waals surface area contributed by atoms with Gasteiger partial charge in [0, 0.05) is 6.42 Å². The van der Waals surface area contributed by atoms with Gasteiger partial charge in [0.1, 0.15) is 6.17 Å². The molecule has 1 N–H and O–H groups in total. The molecule has 94 valence electrons. The molecule has 0 aliphatic carbocycles. The van der Waals surface area contributed by atoms with E-state index in [4.69, 9.17) is 4.74 Å². The molecule has 0 unspecified atom stereocenters. The number of nitrogens with zero attached hydrogens (tertiary/aromatic N) is 3. The minimum atomic E-state index is -0.953. The molecule has 2 rings (SSSR count). The maximum atomic E-state index is 13.3. The predicted octanol–water partition coefficient (Wildman–Crippen LogP) is 1.16. The van der Waals surface area contributed by atoms with Gasteiger partial charge in [-0.15, -0.1) is 0 Å². The fraction of sp³-hybridized carbons (Fsp3) is 0.600. The van der Waals surface area contributed by atoms with Crippen LogP contribution in [0.15, 0.2) is 10.7 Å². The van der Waals surface area contributed by atoms with E-state index < -0.39 is 6.17 Å². The molecular weight excluding hydrogens is 293 g/mol. The zero-order valence-corrected chi connectivity index (χ0v) is 10.9. The molecule has 7 heteroatoms. The Morgan fingerprint density at radius 2 is 2.47 bits per heavy atom. The molecule has 5 nitrogen and oxygen atoms in total. The number of aromatic nitrogens is 2. The maximum absolute atomic E-state index is 13.3. The molecule has 0 aromatic carbocycles. The number of aliphatic hydroxyl groups excluding tert-OH is 1. The van der Waals surface area contributed by atoms with Crippen molar-refractivity contribution in [3.63, 3.8) is 0 Å². The summed E-state index contributed by atoms with van der Waals surface area (Å²) in [6.07, 6.45) is 0.907. The quantitative estimate of drug-likeness (QED) is 0.908. The van der Waals surface area contributed by atoms with Gasteiger partial charge in [-0.2, -0.15) is 4.98 Å². The van der Waals surface area contributed by atoms with Gasteiger partial charge in [0.15, 0.2) is 0 Å². The second-order valence-electron chi connectivity index (χ2n) is 3.85. The van der Waals surface area contributed by atoms with Gasteiger partial charge in [-0.3, -0.25) is 0 Å². The third kappa shape index (κ3) is 2.50. The largest absolute Gasteiger partial charge is 0.480 e. The summed E-state index contributed by atoms with van der Waals surface area (Å²) in [5, 5.41) is 9.19. The number of alkyl halides is 1. The summed E-state index contributed by atoms with van der Waals surface area (Å²) < 4.78 is 19.0. The molecule has 1 aliphatic rings. The summed E-state index contributed by atoms with van der Waals surface area (Å²) in [7, 11) is 1.50. The molecule has 1 saturated heterocycles. The summed E-state index contributed by atoms with van der Waals surface area (Å²) in [5.41, 5.74) is 0. The number of hydrogen-bond acceptors (Lipinski definition) is 5. The topological polar surface area (TPSA) is 58.5 Å². The summed E-state index contributed by atoms with van der Waals surface area (Å²) >= 11 is 3.25. The Bertz CT molecular complexity index is 407. The average molecular weight is 306 g/mol. The van der Waals surface area contributed by atoms with E-state index >= 15 is 0 Å². The van der Waals surface area contributed by atoms with Gasteiger partial charge < -0.3 is 14.7 Å². The Balaban J connectivity index is 2.27. The van der Waals surface area contributed by atoms with E-state index in [1.54, 1.807) is 11.1 Å². The fourth-order valence-corrected chi connectivity index (χ4v) is 2.25. The standard InChI is InChI=1S/C10H13BrFN3O2/c1-17-9-8(11)3-13-10(14-9)15-4-6(12)2-7(15)5-16/h3,6-7,16H,2,4-5H2,1H3/t6-,7-/m0/s1. The zero-order chi connectivity index (χ0) is 12.4. The summed E-state index contributed by atoms with van der Waals surface area (Å²) in [5.74, 6) is 0.776. The number of anilines is 1. The van der Waals surface area contributed by atoms with E-state index in [1.165, 1.54) is 7.11 Å². The molecule has 2 heterocycles. The van der Waals surface area contributed by atoms with E-state index in [0.717, 1.165) is 0 Å². The van der Waals surface area contributed by atoms with E-state index in [9.17, 15) is 9.50 Å². The van der Waals surface area contributed by atoms with Crippen LogP contribution in [0.1, 0.15) is 6.42 Å². The van der Waals surface area contributed by atoms with Crippen molar-refractivity contribution in [3.8, 4) is 5.88 Å². The molecule has 0 saturated carbocycles. The van der Waals surface area contributed by atoms with Crippen molar-refractivity contribution in [1.82, 2.24) is 9.97 Å².